The van der Waals surface area contributed by atoms with E-state index < -0.39 is 0 Å². The molecule has 0 atom stereocenters. The average molecular weight is 337 g/mol. The fourth-order valence-corrected chi connectivity index (χ4v) is 3.26. The molecule has 1 saturated heterocycles. The van der Waals surface area contributed by atoms with Crippen LogP contribution in [0.2, 0.25) is 0 Å². The van der Waals surface area contributed by atoms with Gasteiger partial charge in [0.1, 0.15) is 17.2 Å². The topological polar surface area (TPSA) is 76.1 Å². The number of aryl methyl sites for hydroxylation is 2. The van der Waals surface area contributed by atoms with Gasteiger partial charge in [0.25, 0.3) is 0 Å². The van der Waals surface area contributed by atoms with Gasteiger partial charge in [-0.15, -0.1) is 0 Å². The molecule has 0 saturated carbocycles. The number of hydrogen-bond donors (Lipinski definition) is 1. The normalized spacial score (nSPS) is 14.8. The van der Waals surface area contributed by atoms with Crippen LogP contribution in [0.5, 0.6) is 0 Å². The van der Waals surface area contributed by atoms with Crippen LogP contribution in [0.15, 0.2) is 30.9 Å². The smallest absolute Gasteiger partial charge is 0.134 e. The van der Waals surface area contributed by atoms with Gasteiger partial charge < -0.3 is 20.1 Å². The number of nitrogens with zero attached hydrogens (tertiary/aromatic N) is 6. The number of nitrogens with two attached hydrogens (primary N) is 1. The van der Waals surface area contributed by atoms with Gasteiger partial charge in [0.15, 0.2) is 0 Å². The van der Waals surface area contributed by atoms with E-state index in [4.69, 9.17) is 5.73 Å². The largest absolute Gasteiger partial charge is 0.353 e. The fraction of sp³-hybridized carbons (Fsp3) is 0.389. The van der Waals surface area contributed by atoms with Crippen molar-refractivity contribution in [2.24, 2.45) is 12.8 Å². The molecule has 0 spiro atoms. The summed E-state index contributed by atoms with van der Waals surface area (Å²) in [5.74, 6) is 1.89. The molecule has 1 fully saturated rings. The Morgan fingerprint density at radius 3 is 2.72 bits per heavy atom. The first kappa shape index (κ1) is 15.8. The van der Waals surface area contributed by atoms with Crippen molar-refractivity contribution in [1.29, 1.82) is 0 Å². The number of pyridine rings is 2. The molecule has 25 heavy (non-hydrogen) atoms. The Balaban J connectivity index is 1.68. The molecule has 1 aliphatic rings. The molecule has 0 unspecified atom stereocenters. The highest BCUT2D eigenvalue weighted by molar-refractivity contribution is 5.79. The minimum absolute atomic E-state index is 0.268. The van der Waals surface area contributed by atoms with Crippen LogP contribution in [0.1, 0.15) is 12.5 Å². The van der Waals surface area contributed by atoms with E-state index in [1.54, 1.807) is 0 Å². The predicted octanol–water partition coefficient (Wildman–Crippen LogP) is 1.84. The lowest BCUT2D eigenvalue weighted by Crippen LogP contribution is -2.56. The summed E-state index contributed by atoms with van der Waals surface area (Å²) in [5.41, 5.74) is 10.2. The number of imidazole rings is 1. The van der Waals surface area contributed by atoms with Gasteiger partial charge >= 0.3 is 0 Å². The highest BCUT2D eigenvalue weighted by Crippen LogP contribution is 2.30. The van der Waals surface area contributed by atoms with Crippen molar-refractivity contribution in [2.75, 3.05) is 29.9 Å². The number of fused-ring (bicyclic) bond motifs is 1. The van der Waals surface area contributed by atoms with Crippen molar-refractivity contribution in [3.05, 3.63) is 36.4 Å². The monoisotopic (exact) mass is 337 g/mol. The Bertz CT molecular complexity index is 911. The quantitative estimate of drug-likeness (QED) is 0.783. The highest BCUT2D eigenvalue weighted by Gasteiger charge is 2.25. The summed E-state index contributed by atoms with van der Waals surface area (Å²) in [5, 5.41) is 0. The Labute approximate surface area is 147 Å². The van der Waals surface area contributed by atoms with Crippen LogP contribution in [0.4, 0.5) is 17.3 Å². The van der Waals surface area contributed by atoms with Crippen molar-refractivity contribution < 1.29 is 0 Å². The van der Waals surface area contributed by atoms with Crippen LogP contribution in [0.3, 0.4) is 0 Å². The third-order valence-electron chi connectivity index (χ3n) is 4.87. The van der Waals surface area contributed by atoms with Crippen molar-refractivity contribution in [2.45, 2.75) is 19.4 Å². The summed E-state index contributed by atoms with van der Waals surface area (Å²) < 4.78 is 2.00. The third kappa shape index (κ3) is 2.70. The standard InChI is InChI=1S/C18H23N7/c1-4-12-5-18(25-9-13(19)10-25)21-8-16(12)24(3)17-6-15-14(7-20-17)22-11-23(15)2/h5-8,11,13H,4,9-10,19H2,1-3H3. The summed E-state index contributed by atoms with van der Waals surface area (Å²) in [6, 6.07) is 4.49. The van der Waals surface area contributed by atoms with Crippen LogP contribution in [0.25, 0.3) is 11.0 Å². The van der Waals surface area contributed by atoms with E-state index in [2.05, 4.69) is 43.8 Å². The molecule has 1 aliphatic heterocycles. The highest BCUT2D eigenvalue weighted by atomic mass is 15.3. The zero-order valence-corrected chi connectivity index (χ0v) is 14.8. The Morgan fingerprint density at radius 1 is 1.20 bits per heavy atom. The molecular weight excluding hydrogens is 314 g/mol. The molecule has 3 aromatic heterocycles. The Hall–Kier alpha value is -2.67. The summed E-state index contributed by atoms with van der Waals surface area (Å²) in [6.07, 6.45) is 6.49. The van der Waals surface area contributed by atoms with Crippen molar-refractivity contribution in [3.63, 3.8) is 0 Å². The second-order valence-electron chi connectivity index (χ2n) is 6.64. The maximum Gasteiger partial charge on any atom is 0.134 e. The summed E-state index contributed by atoms with van der Waals surface area (Å²) in [7, 11) is 4.02. The molecule has 4 heterocycles. The van der Waals surface area contributed by atoms with E-state index >= 15 is 0 Å². The molecule has 0 amide bonds. The first-order valence-corrected chi connectivity index (χ1v) is 8.57. The maximum absolute atomic E-state index is 5.89. The number of hydrogen-bond acceptors (Lipinski definition) is 6. The average Bonchev–Trinajstić information content (AvgIpc) is 2.98. The summed E-state index contributed by atoms with van der Waals surface area (Å²) in [4.78, 5) is 17.8. The van der Waals surface area contributed by atoms with Gasteiger partial charge in [0, 0.05) is 39.3 Å². The zero-order valence-electron chi connectivity index (χ0n) is 14.8. The van der Waals surface area contributed by atoms with Crippen molar-refractivity contribution in [1.82, 2.24) is 19.5 Å². The minimum atomic E-state index is 0.268. The van der Waals surface area contributed by atoms with Crippen molar-refractivity contribution in [3.8, 4) is 0 Å². The van der Waals surface area contributed by atoms with E-state index in [-0.39, 0.29) is 6.04 Å². The second-order valence-corrected chi connectivity index (χ2v) is 6.64. The van der Waals surface area contributed by atoms with E-state index in [0.29, 0.717) is 0 Å². The van der Waals surface area contributed by atoms with Gasteiger partial charge in [-0.2, -0.15) is 0 Å². The molecular formula is C18H23N7. The molecule has 3 aromatic rings. The van der Waals surface area contributed by atoms with Gasteiger partial charge in [-0.1, -0.05) is 6.92 Å². The van der Waals surface area contributed by atoms with Crippen LogP contribution in [-0.2, 0) is 13.5 Å². The molecule has 4 rings (SSSR count). The van der Waals surface area contributed by atoms with Gasteiger partial charge in [-0.05, 0) is 18.1 Å². The molecule has 0 aromatic carbocycles. The van der Waals surface area contributed by atoms with Gasteiger partial charge in [0.05, 0.1) is 29.9 Å². The molecule has 7 nitrogen and oxygen atoms in total. The first-order valence-electron chi connectivity index (χ1n) is 8.57. The summed E-state index contributed by atoms with van der Waals surface area (Å²) >= 11 is 0. The Morgan fingerprint density at radius 2 is 2.00 bits per heavy atom. The Kier molecular flexibility index (Phi) is 3.80. The number of aromatic nitrogens is 4. The molecule has 0 aliphatic carbocycles. The van der Waals surface area contributed by atoms with Crippen LogP contribution < -0.4 is 15.5 Å². The molecule has 7 heteroatoms. The predicted molar refractivity (Wildman–Crippen MR) is 100 cm³/mol. The van der Waals surface area contributed by atoms with Crippen LogP contribution in [0, 0.1) is 0 Å². The van der Waals surface area contributed by atoms with Gasteiger partial charge in [-0.3, -0.25) is 0 Å². The minimum Gasteiger partial charge on any atom is -0.353 e. The molecule has 130 valence electrons. The summed E-state index contributed by atoms with van der Waals surface area (Å²) in [6.45, 7) is 3.92. The maximum atomic E-state index is 5.89. The van der Waals surface area contributed by atoms with Crippen LogP contribution >= 0.6 is 0 Å². The number of rotatable bonds is 4. The van der Waals surface area contributed by atoms with E-state index in [1.165, 1.54) is 5.56 Å². The van der Waals surface area contributed by atoms with E-state index in [0.717, 1.165) is 47.9 Å². The lowest BCUT2D eigenvalue weighted by atomic mass is 10.1. The lowest BCUT2D eigenvalue weighted by Gasteiger charge is -2.38. The number of anilines is 3. The third-order valence-corrected chi connectivity index (χ3v) is 4.87. The zero-order chi connectivity index (χ0) is 17.6. The van der Waals surface area contributed by atoms with Crippen molar-refractivity contribution >= 4 is 28.4 Å². The SMILES string of the molecule is CCc1cc(N2CC(N)C2)ncc1N(C)c1cc2c(cn1)ncn2C. The molecule has 0 bridgehead atoms. The van der Waals surface area contributed by atoms with Gasteiger partial charge in [-0.25, -0.2) is 15.0 Å². The van der Waals surface area contributed by atoms with Gasteiger partial charge in [0.2, 0.25) is 0 Å². The van der Waals surface area contributed by atoms with Crippen LogP contribution in [-0.4, -0.2) is 45.7 Å². The second kappa shape index (κ2) is 6.00. The first-order chi connectivity index (χ1) is 12.1. The van der Waals surface area contributed by atoms with E-state index in [1.807, 2.05) is 37.4 Å². The molecule has 0 radical (unpaired) electrons. The van der Waals surface area contributed by atoms with E-state index in [9.17, 15) is 0 Å². The molecule has 2 N–H and O–H groups in total. The fourth-order valence-electron chi connectivity index (χ4n) is 3.26. The lowest BCUT2D eigenvalue weighted by molar-refractivity contribution is 0.514.